The van der Waals surface area contributed by atoms with E-state index < -0.39 is 0 Å². The van der Waals surface area contributed by atoms with Gasteiger partial charge in [0.15, 0.2) is 0 Å². The molecule has 78 valence electrons. The number of hydrogen-bond acceptors (Lipinski definition) is 3. The fraction of sp³-hybridized carbons (Fsp3) is 0.636. The fourth-order valence-electron chi connectivity index (χ4n) is 1.40. The summed E-state index contributed by atoms with van der Waals surface area (Å²) in [6, 6.07) is 2.47. The standard InChI is InChI=1S/C11H19N3/c1-4-6-12-9(2)8-11-5-7-13-10(3)14-11/h5,7,9,12H,4,6,8H2,1-3H3. The summed E-state index contributed by atoms with van der Waals surface area (Å²) in [6.45, 7) is 7.36. The average Bonchev–Trinajstić information content (AvgIpc) is 2.15. The fourth-order valence-corrected chi connectivity index (χ4v) is 1.40. The lowest BCUT2D eigenvalue weighted by molar-refractivity contribution is 0.537. The molecule has 0 radical (unpaired) electrons. The molecule has 1 rings (SSSR count). The third-order valence-electron chi connectivity index (χ3n) is 2.09. The molecule has 3 heteroatoms. The second kappa shape index (κ2) is 5.70. The highest BCUT2D eigenvalue weighted by atomic mass is 14.9. The molecule has 0 saturated heterocycles. The lowest BCUT2D eigenvalue weighted by Gasteiger charge is -2.12. The monoisotopic (exact) mass is 193 g/mol. The first-order valence-corrected chi connectivity index (χ1v) is 5.24. The number of hydrogen-bond donors (Lipinski definition) is 1. The van der Waals surface area contributed by atoms with Crippen molar-refractivity contribution in [1.82, 2.24) is 15.3 Å². The number of rotatable bonds is 5. The van der Waals surface area contributed by atoms with Gasteiger partial charge in [-0.3, -0.25) is 0 Å². The van der Waals surface area contributed by atoms with Crippen LogP contribution in [0.2, 0.25) is 0 Å². The summed E-state index contributed by atoms with van der Waals surface area (Å²) < 4.78 is 0. The van der Waals surface area contributed by atoms with Crippen LogP contribution in [0.4, 0.5) is 0 Å². The molecular formula is C11H19N3. The molecule has 0 spiro atoms. The Morgan fingerprint density at radius 3 is 2.93 bits per heavy atom. The van der Waals surface area contributed by atoms with Crippen LogP contribution < -0.4 is 5.32 Å². The van der Waals surface area contributed by atoms with E-state index in [2.05, 4.69) is 29.1 Å². The second-order valence-electron chi connectivity index (χ2n) is 3.65. The van der Waals surface area contributed by atoms with Gasteiger partial charge in [-0.15, -0.1) is 0 Å². The lowest BCUT2D eigenvalue weighted by Crippen LogP contribution is -2.29. The van der Waals surface area contributed by atoms with Gasteiger partial charge in [-0.05, 0) is 32.9 Å². The van der Waals surface area contributed by atoms with Gasteiger partial charge in [0.1, 0.15) is 5.82 Å². The zero-order chi connectivity index (χ0) is 10.4. The zero-order valence-electron chi connectivity index (χ0n) is 9.25. The van der Waals surface area contributed by atoms with Crippen molar-refractivity contribution in [2.24, 2.45) is 0 Å². The van der Waals surface area contributed by atoms with E-state index >= 15 is 0 Å². The molecule has 0 aromatic carbocycles. The topological polar surface area (TPSA) is 37.8 Å². The summed E-state index contributed by atoms with van der Waals surface area (Å²) >= 11 is 0. The summed E-state index contributed by atoms with van der Waals surface area (Å²) in [7, 11) is 0. The quantitative estimate of drug-likeness (QED) is 0.773. The molecule has 0 aliphatic heterocycles. The maximum absolute atomic E-state index is 4.37. The zero-order valence-corrected chi connectivity index (χ0v) is 9.25. The SMILES string of the molecule is CCCNC(C)Cc1ccnc(C)n1. The van der Waals surface area contributed by atoms with Gasteiger partial charge in [-0.25, -0.2) is 9.97 Å². The molecule has 0 bridgehead atoms. The maximum atomic E-state index is 4.37. The van der Waals surface area contributed by atoms with Crippen LogP contribution in [0.5, 0.6) is 0 Å². The van der Waals surface area contributed by atoms with Crippen molar-refractivity contribution in [2.45, 2.75) is 39.7 Å². The highest BCUT2D eigenvalue weighted by Crippen LogP contribution is 1.99. The Kier molecular flexibility index (Phi) is 4.53. The van der Waals surface area contributed by atoms with Crippen molar-refractivity contribution in [2.75, 3.05) is 6.54 Å². The number of nitrogens with zero attached hydrogens (tertiary/aromatic N) is 2. The molecule has 1 aromatic rings. The van der Waals surface area contributed by atoms with E-state index in [9.17, 15) is 0 Å². The Morgan fingerprint density at radius 1 is 1.50 bits per heavy atom. The van der Waals surface area contributed by atoms with Gasteiger partial charge >= 0.3 is 0 Å². The van der Waals surface area contributed by atoms with E-state index in [1.807, 2.05) is 19.2 Å². The predicted octanol–water partition coefficient (Wildman–Crippen LogP) is 1.72. The van der Waals surface area contributed by atoms with E-state index in [0.717, 1.165) is 24.5 Å². The third kappa shape index (κ3) is 3.83. The summed E-state index contributed by atoms with van der Waals surface area (Å²) in [6.07, 6.45) is 3.97. The lowest BCUT2D eigenvalue weighted by atomic mass is 10.2. The van der Waals surface area contributed by atoms with Crippen LogP contribution in [0, 0.1) is 6.92 Å². The van der Waals surface area contributed by atoms with Crippen molar-refractivity contribution in [3.8, 4) is 0 Å². The van der Waals surface area contributed by atoms with Crippen LogP contribution in [0.1, 0.15) is 31.8 Å². The Bertz CT molecular complexity index is 273. The average molecular weight is 193 g/mol. The van der Waals surface area contributed by atoms with Crippen molar-refractivity contribution < 1.29 is 0 Å². The number of aryl methyl sites for hydroxylation is 1. The van der Waals surface area contributed by atoms with Gasteiger partial charge in [-0.1, -0.05) is 6.92 Å². The third-order valence-corrected chi connectivity index (χ3v) is 2.09. The molecule has 0 aliphatic carbocycles. The Morgan fingerprint density at radius 2 is 2.29 bits per heavy atom. The smallest absolute Gasteiger partial charge is 0.125 e. The normalized spacial score (nSPS) is 12.8. The molecular weight excluding hydrogens is 174 g/mol. The van der Waals surface area contributed by atoms with E-state index in [-0.39, 0.29) is 0 Å². The number of nitrogens with one attached hydrogen (secondary N) is 1. The summed E-state index contributed by atoms with van der Waals surface area (Å²) in [5.41, 5.74) is 1.12. The molecule has 3 nitrogen and oxygen atoms in total. The van der Waals surface area contributed by atoms with Gasteiger partial charge in [0, 0.05) is 24.4 Å². The first-order valence-electron chi connectivity index (χ1n) is 5.24. The van der Waals surface area contributed by atoms with E-state index in [1.165, 1.54) is 6.42 Å². The largest absolute Gasteiger partial charge is 0.314 e. The molecule has 1 N–H and O–H groups in total. The predicted molar refractivity (Wildman–Crippen MR) is 58.2 cm³/mol. The highest BCUT2D eigenvalue weighted by molar-refractivity contribution is 5.03. The van der Waals surface area contributed by atoms with Crippen LogP contribution in [0.3, 0.4) is 0 Å². The first kappa shape index (κ1) is 11.1. The van der Waals surface area contributed by atoms with Gasteiger partial charge in [0.25, 0.3) is 0 Å². The van der Waals surface area contributed by atoms with Crippen LogP contribution in [-0.4, -0.2) is 22.6 Å². The molecule has 0 fully saturated rings. The Labute approximate surface area is 86.0 Å². The minimum Gasteiger partial charge on any atom is -0.314 e. The highest BCUT2D eigenvalue weighted by Gasteiger charge is 2.03. The van der Waals surface area contributed by atoms with Crippen molar-refractivity contribution in [1.29, 1.82) is 0 Å². The molecule has 0 aliphatic rings. The minimum absolute atomic E-state index is 0.490. The molecule has 1 aromatic heterocycles. The molecule has 1 unspecified atom stereocenters. The Balaban J connectivity index is 2.43. The van der Waals surface area contributed by atoms with E-state index in [0.29, 0.717) is 6.04 Å². The molecule has 0 amide bonds. The summed E-state index contributed by atoms with van der Waals surface area (Å²) in [4.78, 5) is 8.45. The van der Waals surface area contributed by atoms with Gasteiger partial charge < -0.3 is 5.32 Å². The molecule has 0 saturated carbocycles. The van der Waals surface area contributed by atoms with Crippen molar-refractivity contribution >= 4 is 0 Å². The van der Waals surface area contributed by atoms with Gasteiger partial charge in [0.05, 0.1) is 0 Å². The second-order valence-corrected chi connectivity index (χ2v) is 3.65. The molecule has 1 atom stereocenters. The van der Waals surface area contributed by atoms with Crippen LogP contribution in [-0.2, 0) is 6.42 Å². The Hall–Kier alpha value is -0.960. The van der Waals surface area contributed by atoms with Gasteiger partial charge in [0.2, 0.25) is 0 Å². The van der Waals surface area contributed by atoms with E-state index in [4.69, 9.17) is 0 Å². The maximum Gasteiger partial charge on any atom is 0.125 e. The minimum atomic E-state index is 0.490. The summed E-state index contributed by atoms with van der Waals surface area (Å²) in [5.74, 6) is 0.852. The van der Waals surface area contributed by atoms with Gasteiger partial charge in [-0.2, -0.15) is 0 Å². The number of aromatic nitrogens is 2. The first-order chi connectivity index (χ1) is 6.72. The van der Waals surface area contributed by atoms with Crippen LogP contribution in [0.25, 0.3) is 0 Å². The molecule has 1 heterocycles. The van der Waals surface area contributed by atoms with Crippen LogP contribution in [0.15, 0.2) is 12.3 Å². The van der Waals surface area contributed by atoms with Crippen molar-refractivity contribution in [3.05, 3.63) is 23.8 Å². The van der Waals surface area contributed by atoms with Crippen molar-refractivity contribution in [3.63, 3.8) is 0 Å². The van der Waals surface area contributed by atoms with E-state index in [1.54, 1.807) is 0 Å². The van der Waals surface area contributed by atoms with Crippen LogP contribution >= 0.6 is 0 Å². The summed E-state index contributed by atoms with van der Waals surface area (Å²) in [5, 5.41) is 3.44. The molecule has 14 heavy (non-hydrogen) atoms.